The first-order valence-electron chi connectivity index (χ1n) is 4.60. The zero-order valence-corrected chi connectivity index (χ0v) is 8.43. The lowest BCUT2D eigenvalue weighted by atomic mass is 10.3. The Morgan fingerprint density at radius 1 is 1.71 bits per heavy atom. The average molecular weight is 199 g/mol. The normalized spacial score (nSPS) is 10.1. The highest BCUT2D eigenvalue weighted by Crippen LogP contribution is 2.06. The van der Waals surface area contributed by atoms with Gasteiger partial charge in [-0.05, 0) is 6.42 Å². The Bertz CT molecular complexity index is 320. The fraction of sp³-hybridized carbons (Fsp3) is 0.556. The van der Waals surface area contributed by atoms with Gasteiger partial charge < -0.3 is 9.84 Å². The molecule has 0 spiro atoms. The smallest absolute Gasteiger partial charge is 0.449 e. The van der Waals surface area contributed by atoms with Crippen LogP contribution in [-0.2, 0) is 13.6 Å². The fourth-order valence-corrected chi connectivity index (χ4v) is 1.22. The van der Waals surface area contributed by atoms with Gasteiger partial charge in [0.15, 0.2) is 0 Å². The quantitative estimate of drug-likeness (QED) is 0.585. The van der Waals surface area contributed by atoms with E-state index in [9.17, 15) is 4.79 Å². The molecular formula is C9H15N2O3+. The van der Waals surface area contributed by atoms with E-state index in [4.69, 9.17) is 5.11 Å². The molecule has 1 aromatic rings. The van der Waals surface area contributed by atoms with Gasteiger partial charge in [0.2, 0.25) is 0 Å². The van der Waals surface area contributed by atoms with E-state index in [-0.39, 0.29) is 0 Å². The van der Waals surface area contributed by atoms with Crippen molar-refractivity contribution in [2.75, 3.05) is 0 Å². The summed E-state index contributed by atoms with van der Waals surface area (Å²) in [5.41, 5.74) is 0. The molecule has 0 aliphatic rings. The summed E-state index contributed by atoms with van der Waals surface area (Å²) < 4.78 is 8.09. The Balaban J connectivity index is 2.77. The summed E-state index contributed by atoms with van der Waals surface area (Å²) in [6, 6.07) is 0.353. The molecule has 5 nitrogen and oxygen atoms in total. The molecule has 0 aliphatic carbocycles. The summed E-state index contributed by atoms with van der Waals surface area (Å²) in [5, 5.41) is 8.51. The molecule has 0 amide bonds. The topological polar surface area (TPSA) is 55.3 Å². The van der Waals surface area contributed by atoms with Crippen molar-refractivity contribution < 1.29 is 19.2 Å². The number of rotatable bonds is 4. The number of imidazole rings is 1. The van der Waals surface area contributed by atoms with Gasteiger partial charge in [-0.1, -0.05) is 13.3 Å². The van der Waals surface area contributed by atoms with Crippen molar-refractivity contribution in [1.29, 1.82) is 0 Å². The Hall–Kier alpha value is -1.52. The number of hydrogen-bond acceptors (Lipinski definition) is 2. The molecule has 0 unspecified atom stereocenters. The van der Waals surface area contributed by atoms with Crippen molar-refractivity contribution in [3.05, 3.63) is 12.4 Å². The SMILES string of the molecule is CCCCn1cc[n+](C)c1OC(=O)O. The van der Waals surface area contributed by atoms with Crippen LogP contribution < -0.4 is 9.30 Å². The van der Waals surface area contributed by atoms with Crippen LogP contribution in [0.2, 0.25) is 0 Å². The molecule has 0 aromatic carbocycles. The predicted molar refractivity (Wildman–Crippen MR) is 49.2 cm³/mol. The third kappa shape index (κ3) is 2.48. The summed E-state index contributed by atoms with van der Waals surface area (Å²) in [7, 11) is 1.75. The minimum atomic E-state index is -1.28. The van der Waals surface area contributed by atoms with Crippen molar-refractivity contribution >= 4 is 6.16 Å². The molecule has 1 rings (SSSR count). The van der Waals surface area contributed by atoms with Crippen molar-refractivity contribution in [3.63, 3.8) is 0 Å². The molecule has 0 atom stereocenters. The molecule has 14 heavy (non-hydrogen) atoms. The first kappa shape index (κ1) is 10.6. The standard InChI is InChI=1S/C9H14N2O3/c1-3-4-5-11-7-6-10(2)8(11)14-9(12)13/h6-7H,3-5H2,1-2H3/p+1. The largest absolute Gasteiger partial charge is 0.516 e. The maximum atomic E-state index is 10.4. The number of unbranched alkanes of at least 4 members (excludes halogenated alkanes) is 1. The summed E-state index contributed by atoms with van der Waals surface area (Å²) >= 11 is 0. The van der Waals surface area contributed by atoms with Crippen LogP contribution in [0.5, 0.6) is 6.01 Å². The maximum Gasteiger partial charge on any atom is 0.516 e. The van der Waals surface area contributed by atoms with E-state index in [1.54, 1.807) is 22.4 Å². The molecule has 1 N–H and O–H groups in total. The van der Waals surface area contributed by atoms with E-state index in [2.05, 4.69) is 11.7 Å². The van der Waals surface area contributed by atoms with E-state index in [1.165, 1.54) is 0 Å². The third-order valence-corrected chi connectivity index (χ3v) is 1.95. The Labute approximate surface area is 82.5 Å². The van der Waals surface area contributed by atoms with Gasteiger partial charge in [0.1, 0.15) is 12.4 Å². The van der Waals surface area contributed by atoms with Gasteiger partial charge >= 0.3 is 12.2 Å². The number of ether oxygens (including phenoxy) is 1. The van der Waals surface area contributed by atoms with Gasteiger partial charge in [-0.2, -0.15) is 9.13 Å². The van der Waals surface area contributed by atoms with Gasteiger partial charge in [-0.3, -0.25) is 0 Å². The van der Waals surface area contributed by atoms with Gasteiger partial charge in [-0.15, -0.1) is 0 Å². The van der Waals surface area contributed by atoms with Crippen LogP contribution in [0.15, 0.2) is 12.4 Å². The highest BCUT2D eigenvalue weighted by Gasteiger charge is 2.18. The lowest BCUT2D eigenvalue weighted by molar-refractivity contribution is -0.675. The van der Waals surface area contributed by atoms with Crippen LogP contribution in [0.4, 0.5) is 4.79 Å². The van der Waals surface area contributed by atoms with Gasteiger partial charge in [0.05, 0.1) is 13.6 Å². The Morgan fingerprint density at radius 3 is 3.00 bits per heavy atom. The number of carbonyl (C=O) groups is 1. The van der Waals surface area contributed by atoms with Crippen molar-refractivity contribution in [2.45, 2.75) is 26.3 Å². The molecule has 0 bridgehead atoms. The molecule has 5 heteroatoms. The molecule has 1 heterocycles. The molecule has 78 valence electrons. The summed E-state index contributed by atoms with van der Waals surface area (Å²) in [6.45, 7) is 2.86. The number of nitrogens with zero attached hydrogens (tertiary/aromatic N) is 2. The summed E-state index contributed by atoms with van der Waals surface area (Å²) in [4.78, 5) is 10.4. The highest BCUT2D eigenvalue weighted by atomic mass is 16.7. The Kier molecular flexibility index (Phi) is 3.50. The van der Waals surface area contributed by atoms with Gasteiger partial charge in [0, 0.05) is 0 Å². The second kappa shape index (κ2) is 4.64. The zero-order chi connectivity index (χ0) is 10.6. The first-order chi connectivity index (χ1) is 6.65. The number of carboxylic acid groups (broad SMARTS) is 1. The lowest BCUT2D eigenvalue weighted by Crippen LogP contribution is -2.30. The lowest BCUT2D eigenvalue weighted by Gasteiger charge is -1.99. The monoisotopic (exact) mass is 199 g/mol. The van der Waals surface area contributed by atoms with Crippen LogP contribution in [0.25, 0.3) is 0 Å². The van der Waals surface area contributed by atoms with Crippen molar-refractivity contribution in [1.82, 2.24) is 4.57 Å². The van der Waals surface area contributed by atoms with E-state index in [0.29, 0.717) is 6.01 Å². The molecule has 0 saturated carbocycles. The maximum absolute atomic E-state index is 10.4. The molecule has 0 saturated heterocycles. The number of hydrogen-bond donors (Lipinski definition) is 1. The van der Waals surface area contributed by atoms with Crippen LogP contribution in [0, 0.1) is 0 Å². The van der Waals surface area contributed by atoms with Crippen LogP contribution in [0.3, 0.4) is 0 Å². The summed E-state index contributed by atoms with van der Waals surface area (Å²) in [6.07, 6.45) is 4.37. The second-order valence-corrected chi connectivity index (χ2v) is 3.11. The van der Waals surface area contributed by atoms with Crippen LogP contribution in [0.1, 0.15) is 19.8 Å². The van der Waals surface area contributed by atoms with Crippen LogP contribution >= 0.6 is 0 Å². The highest BCUT2D eigenvalue weighted by molar-refractivity contribution is 5.59. The van der Waals surface area contributed by atoms with E-state index < -0.39 is 6.16 Å². The van der Waals surface area contributed by atoms with E-state index in [0.717, 1.165) is 19.4 Å². The molecular weight excluding hydrogens is 184 g/mol. The summed E-state index contributed by atoms with van der Waals surface area (Å²) in [5.74, 6) is 0. The average Bonchev–Trinajstić information content (AvgIpc) is 2.45. The third-order valence-electron chi connectivity index (χ3n) is 1.95. The molecule has 0 fully saturated rings. The van der Waals surface area contributed by atoms with Crippen molar-refractivity contribution in [3.8, 4) is 6.01 Å². The second-order valence-electron chi connectivity index (χ2n) is 3.11. The van der Waals surface area contributed by atoms with Crippen molar-refractivity contribution in [2.24, 2.45) is 7.05 Å². The zero-order valence-electron chi connectivity index (χ0n) is 8.43. The first-order valence-corrected chi connectivity index (χ1v) is 4.60. The van der Waals surface area contributed by atoms with E-state index in [1.807, 2.05) is 6.20 Å². The minimum Gasteiger partial charge on any atom is -0.449 e. The number of aromatic nitrogens is 2. The predicted octanol–water partition coefficient (Wildman–Crippen LogP) is 1.17. The molecule has 0 aliphatic heterocycles. The number of aryl methyl sites for hydroxylation is 2. The van der Waals surface area contributed by atoms with Crippen LogP contribution in [-0.4, -0.2) is 15.8 Å². The minimum absolute atomic E-state index is 0.353. The fourth-order valence-electron chi connectivity index (χ4n) is 1.22. The van der Waals surface area contributed by atoms with Gasteiger partial charge in [0.25, 0.3) is 0 Å². The van der Waals surface area contributed by atoms with E-state index >= 15 is 0 Å². The molecule has 0 radical (unpaired) electrons. The Morgan fingerprint density at radius 2 is 2.43 bits per heavy atom. The molecule has 1 aromatic heterocycles. The van der Waals surface area contributed by atoms with Gasteiger partial charge in [-0.25, -0.2) is 4.79 Å².